The number of ether oxygens (including phenoxy) is 1. The van der Waals surface area contributed by atoms with Gasteiger partial charge < -0.3 is 9.84 Å². The van der Waals surface area contributed by atoms with Crippen LogP contribution in [0.4, 0.5) is 17.6 Å². The molecule has 1 aromatic carbocycles. The first kappa shape index (κ1) is 24.5. The van der Waals surface area contributed by atoms with Crippen molar-refractivity contribution < 1.29 is 32.2 Å². The number of aromatic nitrogens is 2. The first-order valence-corrected chi connectivity index (χ1v) is 9.58. The van der Waals surface area contributed by atoms with E-state index in [4.69, 9.17) is 21.4 Å². The van der Waals surface area contributed by atoms with Gasteiger partial charge in [0.2, 0.25) is 0 Å². The van der Waals surface area contributed by atoms with Crippen molar-refractivity contribution in [3.8, 4) is 5.69 Å². The van der Waals surface area contributed by atoms with Crippen molar-refractivity contribution in [2.45, 2.75) is 23.2 Å². The molecule has 1 N–H and O–H groups in total. The van der Waals surface area contributed by atoms with E-state index < -0.39 is 45.8 Å². The van der Waals surface area contributed by atoms with Crippen LogP contribution in [-0.4, -0.2) is 32.6 Å². The van der Waals surface area contributed by atoms with E-state index in [0.717, 1.165) is 37.0 Å². The number of rotatable bonds is 6. The Hall–Kier alpha value is -2.73. The third-order valence-corrected chi connectivity index (χ3v) is 5.66. The van der Waals surface area contributed by atoms with E-state index in [1.165, 1.54) is 7.11 Å². The second-order valence-electron chi connectivity index (χ2n) is 6.13. The van der Waals surface area contributed by atoms with Gasteiger partial charge >= 0.3 is 17.8 Å². The molecule has 0 fully saturated rings. The smallest absolute Gasteiger partial charge is 0.431 e. The highest BCUT2D eigenvalue weighted by atomic mass is 35.5. The van der Waals surface area contributed by atoms with E-state index in [0.29, 0.717) is 0 Å². The fourth-order valence-electron chi connectivity index (χ4n) is 2.61. The van der Waals surface area contributed by atoms with Gasteiger partial charge in [-0.2, -0.15) is 13.2 Å². The van der Waals surface area contributed by atoms with Gasteiger partial charge in [0.05, 0.1) is 29.1 Å². The minimum Gasteiger partial charge on any atom is -0.500 e. The van der Waals surface area contributed by atoms with Crippen LogP contribution in [0, 0.1) is 5.82 Å². The SMILES string of the molecule is CO/C(=C\C(=O)O)C(C)Sc1cc(-n2c(=O)cc(C(F)(F)F)n(C)c2=O)c(F)cc1Cl. The van der Waals surface area contributed by atoms with Crippen LogP contribution in [0.5, 0.6) is 0 Å². The van der Waals surface area contributed by atoms with Crippen molar-refractivity contribution >= 4 is 29.3 Å². The second-order valence-corrected chi connectivity index (χ2v) is 7.92. The predicted molar refractivity (Wildman–Crippen MR) is 105 cm³/mol. The summed E-state index contributed by atoms with van der Waals surface area (Å²) >= 11 is 6.95. The molecule has 0 bridgehead atoms. The topological polar surface area (TPSA) is 90.5 Å². The Balaban J connectivity index is 2.64. The number of alkyl halides is 3. The molecule has 0 aliphatic rings. The highest BCUT2D eigenvalue weighted by Crippen LogP contribution is 2.36. The summed E-state index contributed by atoms with van der Waals surface area (Å²) in [6.07, 6.45) is -4.15. The Morgan fingerprint density at radius 3 is 2.42 bits per heavy atom. The highest BCUT2D eigenvalue weighted by molar-refractivity contribution is 8.00. The zero-order valence-corrected chi connectivity index (χ0v) is 17.7. The zero-order valence-electron chi connectivity index (χ0n) is 16.2. The van der Waals surface area contributed by atoms with Gasteiger partial charge in [0, 0.05) is 18.0 Å². The number of thioether (sulfide) groups is 1. The van der Waals surface area contributed by atoms with Crippen LogP contribution in [0.2, 0.25) is 5.02 Å². The molecule has 0 aliphatic heterocycles. The molecule has 2 rings (SSSR count). The van der Waals surface area contributed by atoms with Crippen molar-refractivity contribution in [1.82, 2.24) is 9.13 Å². The lowest BCUT2D eigenvalue weighted by atomic mass is 10.3. The molecule has 1 aromatic heterocycles. The Kier molecular flexibility index (Phi) is 7.27. The van der Waals surface area contributed by atoms with Crippen LogP contribution in [0.1, 0.15) is 12.6 Å². The van der Waals surface area contributed by atoms with Crippen molar-refractivity contribution in [1.29, 1.82) is 0 Å². The number of methoxy groups -OCH3 is 1. The molecule has 13 heteroatoms. The van der Waals surface area contributed by atoms with Crippen molar-refractivity contribution in [2.24, 2.45) is 7.05 Å². The molecule has 0 aliphatic carbocycles. The first-order valence-electron chi connectivity index (χ1n) is 8.32. The van der Waals surface area contributed by atoms with Crippen LogP contribution < -0.4 is 11.2 Å². The number of hydrogen-bond donors (Lipinski definition) is 1. The molecule has 168 valence electrons. The molecule has 2 aromatic rings. The van der Waals surface area contributed by atoms with Crippen LogP contribution in [0.15, 0.2) is 44.5 Å². The summed E-state index contributed by atoms with van der Waals surface area (Å²) in [6.45, 7) is 1.56. The molecule has 0 saturated carbocycles. The summed E-state index contributed by atoms with van der Waals surface area (Å²) in [5.74, 6) is -2.34. The molecule has 0 amide bonds. The van der Waals surface area contributed by atoms with E-state index in [-0.39, 0.29) is 30.9 Å². The van der Waals surface area contributed by atoms with E-state index in [1.807, 2.05) is 0 Å². The van der Waals surface area contributed by atoms with Crippen molar-refractivity contribution in [2.75, 3.05) is 7.11 Å². The third kappa shape index (κ3) is 5.31. The maximum atomic E-state index is 14.5. The quantitative estimate of drug-likeness (QED) is 0.293. The van der Waals surface area contributed by atoms with Gasteiger partial charge in [0.1, 0.15) is 17.3 Å². The summed E-state index contributed by atoms with van der Waals surface area (Å²) in [5, 5.41) is 8.12. The summed E-state index contributed by atoms with van der Waals surface area (Å²) in [6, 6.07) is 2.00. The highest BCUT2D eigenvalue weighted by Gasteiger charge is 2.35. The van der Waals surface area contributed by atoms with Crippen molar-refractivity contribution in [3.05, 3.63) is 67.4 Å². The van der Waals surface area contributed by atoms with Crippen LogP contribution in [-0.2, 0) is 22.8 Å². The standard InChI is InChI=1S/C18H15ClF4N2O5S/c1-8(12(30-3)6-16(27)28)31-13-5-11(10(20)4-9(13)19)25-15(26)7-14(18(21,22)23)24(2)17(25)29/h4-8H,1-3H3,(H,27,28)/b12-6-. The normalized spacial score (nSPS) is 13.2. The Morgan fingerprint density at radius 2 is 1.90 bits per heavy atom. The molecular formula is C18H15ClF4N2O5S. The van der Waals surface area contributed by atoms with E-state index >= 15 is 0 Å². The predicted octanol–water partition coefficient (Wildman–Crippen LogP) is 3.44. The largest absolute Gasteiger partial charge is 0.500 e. The van der Waals surface area contributed by atoms with E-state index in [1.54, 1.807) is 6.92 Å². The number of hydrogen-bond acceptors (Lipinski definition) is 5. The molecule has 0 saturated heterocycles. The van der Waals surface area contributed by atoms with Crippen molar-refractivity contribution in [3.63, 3.8) is 0 Å². The number of nitrogens with zero attached hydrogens (tertiary/aromatic N) is 2. The summed E-state index contributed by atoms with van der Waals surface area (Å²) in [7, 11) is 2.04. The average Bonchev–Trinajstić information content (AvgIpc) is 2.64. The van der Waals surface area contributed by atoms with Gasteiger partial charge in [-0.25, -0.2) is 18.5 Å². The van der Waals surface area contributed by atoms with Gasteiger partial charge in [-0.05, 0) is 19.1 Å². The summed E-state index contributed by atoms with van der Waals surface area (Å²) in [5.41, 5.74) is -4.89. The zero-order chi connectivity index (χ0) is 23.7. The van der Waals surface area contributed by atoms with Gasteiger partial charge in [0.25, 0.3) is 5.56 Å². The first-order chi connectivity index (χ1) is 14.3. The van der Waals surface area contributed by atoms with Crippen LogP contribution >= 0.6 is 23.4 Å². The lowest BCUT2D eigenvalue weighted by molar-refractivity contribution is -0.144. The fraction of sp³-hybridized carbons (Fsp3) is 0.278. The second kappa shape index (κ2) is 9.18. The third-order valence-electron chi connectivity index (χ3n) is 4.06. The number of carboxylic acid groups (broad SMARTS) is 1. The van der Waals surface area contributed by atoms with Crippen LogP contribution in [0.3, 0.4) is 0 Å². The maximum Gasteiger partial charge on any atom is 0.431 e. The number of halogens is 5. The molecule has 1 unspecified atom stereocenters. The Morgan fingerprint density at radius 1 is 1.29 bits per heavy atom. The lowest BCUT2D eigenvalue weighted by Gasteiger charge is -2.17. The van der Waals surface area contributed by atoms with Gasteiger partial charge in [-0.3, -0.25) is 9.36 Å². The molecule has 31 heavy (non-hydrogen) atoms. The number of benzene rings is 1. The Bertz CT molecular complexity index is 1170. The fourth-order valence-corrected chi connectivity index (χ4v) is 3.91. The van der Waals surface area contributed by atoms with Gasteiger partial charge in [0.15, 0.2) is 0 Å². The monoisotopic (exact) mass is 482 g/mol. The number of carboxylic acids is 1. The molecular weight excluding hydrogens is 468 g/mol. The molecule has 0 radical (unpaired) electrons. The van der Waals surface area contributed by atoms with E-state index in [2.05, 4.69) is 0 Å². The summed E-state index contributed by atoms with van der Waals surface area (Å²) < 4.78 is 59.0. The minimum atomic E-state index is -4.96. The summed E-state index contributed by atoms with van der Waals surface area (Å²) in [4.78, 5) is 35.7. The Labute approximate surface area is 181 Å². The maximum absolute atomic E-state index is 14.5. The molecule has 1 atom stereocenters. The van der Waals surface area contributed by atoms with Gasteiger partial charge in [-0.15, -0.1) is 11.8 Å². The number of carbonyl (C=O) groups is 1. The molecule has 7 nitrogen and oxygen atoms in total. The van der Waals surface area contributed by atoms with Crippen LogP contribution in [0.25, 0.3) is 5.69 Å². The van der Waals surface area contributed by atoms with Gasteiger partial charge in [-0.1, -0.05) is 11.6 Å². The lowest BCUT2D eigenvalue weighted by Crippen LogP contribution is -2.41. The molecule has 0 spiro atoms. The minimum absolute atomic E-state index is 0.0436. The molecule has 1 heterocycles. The number of aliphatic carboxylic acids is 1. The van der Waals surface area contributed by atoms with E-state index in [9.17, 15) is 31.9 Å². The average molecular weight is 483 g/mol.